The van der Waals surface area contributed by atoms with Crippen LogP contribution >= 0.6 is 0 Å². The molecule has 3 rings (SSSR count). The van der Waals surface area contributed by atoms with Crippen LogP contribution in [-0.2, 0) is 14.8 Å². The third-order valence-electron chi connectivity index (χ3n) is 4.27. The summed E-state index contributed by atoms with van der Waals surface area (Å²) in [4.78, 5) is 22.7. The largest absolute Gasteiger partial charge is 0.437 e. The lowest BCUT2D eigenvalue weighted by Gasteiger charge is -2.32. The number of nitrogens with one attached hydrogen (secondary N) is 1. The number of hydrogen-bond donors (Lipinski definition) is 1. The monoisotopic (exact) mass is 390 g/mol. The number of ether oxygens (including phenoxy) is 1. The molecule has 2 heterocycles. The van der Waals surface area contributed by atoms with Crippen molar-refractivity contribution in [2.75, 3.05) is 25.9 Å². The van der Waals surface area contributed by atoms with Crippen LogP contribution in [0.1, 0.15) is 24.5 Å². The van der Waals surface area contributed by atoms with E-state index in [4.69, 9.17) is 4.74 Å². The Morgan fingerprint density at radius 2 is 2.07 bits per heavy atom. The number of para-hydroxylation sites is 1. The van der Waals surface area contributed by atoms with Gasteiger partial charge in [0.05, 0.1) is 24.7 Å². The minimum atomic E-state index is -3.40. The number of hydrogen-bond acceptors (Lipinski definition) is 6. The smallest absolute Gasteiger partial charge is 0.238 e. The summed E-state index contributed by atoms with van der Waals surface area (Å²) in [5.74, 6) is 0.875. The molecule has 1 saturated heterocycles. The average molecular weight is 390 g/mol. The van der Waals surface area contributed by atoms with Crippen molar-refractivity contribution in [3.05, 3.63) is 48.4 Å². The lowest BCUT2D eigenvalue weighted by Crippen LogP contribution is -2.44. The molecule has 1 aromatic carbocycles. The Bertz CT molecular complexity index is 889. The van der Waals surface area contributed by atoms with E-state index in [-0.39, 0.29) is 18.4 Å². The maximum Gasteiger partial charge on any atom is 0.238 e. The second kappa shape index (κ2) is 8.45. The standard InChI is InChI=1S/C18H22N4O4S/c1-27(24,25)20-12-18(23)22-9-5-6-14(13-22)16-10-19-11-17(21-16)26-15-7-3-2-4-8-15/h2-4,7-8,10-11,14,20H,5-6,9,12-13H2,1H3/t14-/m1/s1. The summed E-state index contributed by atoms with van der Waals surface area (Å²) < 4.78 is 30.3. The van der Waals surface area contributed by atoms with E-state index in [1.807, 2.05) is 30.3 Å². The first-order chi connectivity index (χ1) is 12.9. The molecule has 1 aliphatic rings. The molecule has 1 aliphatic heterocycles. The van der Waals surface area contributed by atoms with Crippen molar-refractivity contribution in [2.45, 2.75) is 18.8 Å². The molecule has 0 bridgehead atoms. The Morgan fingerprint density at radius 3 is 2.81 bits per heavy atom. The van der Waals surface area contributed by atoms with Gasteiger partial charge in [-0.15, -0.1) is 0 Å². The summed E-state index contributed by atoms with van der Waals surface area (Å²) in [6.07, 6.45) is 5.98. The highest BCUT2D eigenvalue weighted by molar-refractivity contribution is 7.88. The third kappa shape index (κ3) is 5.73. The predicted molar refractivity (Wildman–Crippen MR) is 99.9 cm³/mol. The van der Waals surface area contributed by atoms with Gasteiger partial charge in [0.25, 0.3) is 0 Å². The van der Waals surface area contributed by atoms with Gasteiger partial charge < -0.3 is 9.64 Å². The van der Waals surface area contributed by atoms with Crippen molar-refractivity contribution in [1.29, 1.82) is 0 Å². The highest BCUT2D eigenvalue weighted by Crippen LogP contribution is 2.27. The first kappa shape index (κ1) is 19.2. The van der Waals surface area contributed by atoms with Crippen LogP contribution in [0.25, 0.3) is 0 Å². The molecule has 2 aromatic rings. The van der Waals surface area contributed by atoms with Crippen molar-refractivity contribution in [2.24, 2.45) is 0 Å². The molecule has 1 atom stereocenters. The number of sulfonamides is 1. The summed E-state index contributed by atoms with van der Waals surface area (Å²) in [6, 6.07) is 9.33. The predicted octanol–water partition coefficient (Wildman–Crippen LogP) is 1.52. The molecule has 1 fully saturated rings. The van der Waals surface area contributed by atoms with E-state index in [1.54, 1.807) is 17.3 Å². The Morgan fingerprint density at radius 1 is 1.30 bits per heavy atom. The SMILES string of the molecule is CS(=O)(=O)NCC(=O)N1CCC[C@@H](c2cncc(Oc3ccccc3)n2)C1. The molecule has 0 saturated carbocycles. The van der Waals surface area contributed by atoms with Crippen LogP contribution in [0.2, 0.25) is 0 Å². The van der Waals surface area contributed by atoms with Crippen LogP contribution in [0, 0.1) is 0 Å². The maximum atomic E-state index is 12.3. The summed E-state index contributed by atoms with van der Waals surface area (Å²) in [5, 5.41) is 0. The van der Waals surface area contributed by atoms with Crippen LogP contribution in [0.3, 0.4) is 0 Å². The number of piperidine rings is 1. The van der Waals surface area contributed by atoms with Gasteiger partial charge in [0, 0.05) is 25.2 Å². The Kier molecular flexibility index (Phi) is 6.02. The highest BCUT2D eigenvalue weighted by Gasteiger charge is 2.26. The van der Waals surface area contributed by atoms with E-state index < -0.39 is 10.0 Å². The lowest BCUT2D eigenvalue weighted by atomic mass is 9.95. The zero-order valence-electron chi connectivity index (χ0n) is 15.0. The van der Waals surface area contributed by atoms with E-state index in [0.29, 0.717) is 24.7 Å². The first-order valence-electron chi connectivity index (χ1n) is 8.68. The number of benzene rings is 1. The zero-order valence-corrected chi connectivity index (χ0v) is 15.9. The summed E-state index contributed by atoms with van der Waals surface area (Å²) in [7, 11) is -3.40. The van der Waals surface area contributed by atoms with E-state index in [9.17, 15) is 13.2 Å². The Hall–Kier alpha value is -2.52. The molecule has 1 aromatic heterocycles. The quantitative estimate of drug-likeness (QED) is 0.803. The molecule has 9 heteroatoms. The van der Waals surface area contributed by atoms with Gasteiger partial charge in [0.2, 0.25) is 21.8 Å². The highest BCUT2D eigenvalue weighted by atomic mass is 32.2. The summed E-state index contributed by atoms with van der Waals surface area (Å²) in [6.45, 7) is 0.858. The van der Waals surface area contributed by atoms with Gasteiger partial charge in [0.1, 0.15) is 5.75 Å². The fourth-order valence-electron chi connectivity index (χ4n) is 2.97. The number of carbonyl (C=O) groups is 1. The average Bonchev–Trinajstić information content (AvgIpc) is 2.67. The number of rotatable bonds is 6. The zero-order chi connectivity index (χ0) is 19.3. The molecule has 0 unspecified atom stereocenters. The van der Waals surface area contributed by atoms with Crippen LogP contribution in [0.15, 0.2) is 42.7 Å². The van der Waals surface area contributed by atoms with Crippen LogP contribution in [0.5, 0.6) is 11.6 Å². The van der Waals surface area contributed by atoms with E-state index in [2.05, 4.69) is 14.7 Å². The molecular weight excluding hydrogens is 368 g/mol. The number of aromatic nitrogens is 2. The topological polar surface area (TPSA) is 101 Å². The minimum absolute atomic E-state index is 0.0350. The van der Waals surface area contributed by atoms with E-state index in [0.717, 1.165) is 24.8 Å². The van der Waals surface area contributed by atoms with E-state index >= 15 is 0 Å². The lowest BCUT2D eigenvalue weighted by molar-refractivity contribution is -0.131. The van der Waals surface area contributed by atoms with Crippen molar-refractivity contribution >= 4 is 15.9 Å². The maximum absolute atomic E-state index is 12.3. The molecule has 8 nitrogen and oxygen atoms in total. The third-order valence-corrected chi connectivity index (χ3v) is 4.94. The molecule has 1 amide bonds. The molecule has 144 valence electrons. The number of nitrogens with zero attached hydrogens (tertiary/aromatic N) is 3. The van der Waals surface area contributed by atoms with E-state index in [1.165, 1.54) is 0 Å². The van der Waals surface area contributed by atoms with Crippen molar-refractivity contribution in [3.8, 4) is 11.6 Å². The number of amides is 1. The molecule has 0 radical (unpaired) electrons. The normalized spacial score (nSPS) is 17.5. The van der Waals surface area contributed by atoms with Gasteiger partial charge >= 0.3 is 0 Å². The van der Waals surface area contributed by atoms with Gasteiger partial charge in [-0.25, -0.2) is 18.1 Å². The van der Waals surface area contributed by atoms with Crippen molar-refractivity contribution < 1.29 is 17.9 Å². The van der Waals surface area contributed by atoms with Crippen molar-refractivity contribution in [1.82, 2.24) is 19.6 Å². The summed E-state index contributed by atoms with van der Waals surface area (Å²) in [5.41, 5.74) is 0.761. The molecule has 0 spiro atoms. The second-order valence-corrected chi connectivity index (χ2v) is 8.30. The Labute approximate surface area is 158 Å². The van der Waals surface area contributed by atoms with Gasteiger partial charge in [-0.3, -0.25) is 9.78 Å². The van der Waals surface area contributed by atoms with Crippen LogP contribution < -0.4 is 9.46 Å². The molecule has 0 aliphatic carbocycles. The van der Waals surface area contributed by atoms with Gasteiger partial charge in [0.15, 0.2) is 0 Å². The van der Waals surface area contributed by atoms with Crippen molar-refractivity contribution in [3.63, 3.8) is 0 Å². The van der Waals surface area contributed by atoms with Gasteiger partial charge in [-0.05, 0) is 25.0 Å². The number of likely N-dealkylation sites (tertiary alicyclic amines) is 1. The minimum Gasteiger partial charge on any atom is -0.437 e. The summed E-state index contributed by atoms with van der Waals surface area (Å²) >= 11 is 0. The Balaban J connectivity index is 1.65. The molecule has 27 heavy (non-hydrogen) atoms. The number of carbonyl (C=O) groups excluding carboxylic acids is 1. The molecule has 1 N–H and O–H groups in total. The second-order valence-electron chi connectivity index (χ2n) is 6.47. The molecular formula is C18H22N4O4S. The van der Waals surface area contributed by atoms with Gasteiger partial charge in [-0.2, -0.15) is 0 Å². The first-order valence-corrected chi connectivity index (χ1v) is 10.6. The van der Waals surface area contributed by atoms with Gasteiger partial charge in [-0.1, -0.05) is 18.2 Å². The van der Waals surface area contributed by atoms with Crippen LogP contribution in [-0.4, -0.2) is 55.1 Å². The fourth-order valence-corrected chi connectivity index (χ4v) is 3.35. The van der Waals surface area contributed by atoms with Crippen LogP contribution in [0.4, 0.5) is 0 Å². The fraction of sp³-hybridized carbons (Fsp3) is 0.389.